The van der Waals surface area contributed by atoms with Crippen molar-refractivity contribution < 1.29 is 18.6 Å². The molecule has 0 bridgehead atoms. The van der Waals surface area contributed by atoms with Crippen molar-refractivity contribution in [2.75, 3.05) is 0 Å². The van der Waals surface area contributed by atoms with E-state index in [9.17, 15) is 13.9 Å². The van der Waals surface area contributed by atoms with Crippen LogP contribution in [-0.4, -0.2) is 26.3 Å². The molecule has 0 radical (unpaired) electrons. The van der Waals surface area contributed by atoms with Gasteiger partial charge in [-0.25, -0.2) is 9.97 Å². The van der Waals surface area contributed by atoms with E-state index in [1.165, 1.54) is 23.5 Å². The lowest BCUT2D eigenvalue weighted by Crippen LogP contribution is -2.10. The van der Waals surface area contributed by atoms with Crippen molar-refractivity contribution in [1.29, 1.82) is 0 Å². The lowest BCUT2D eigenvalue weighted by Gasteiger charge is -2.15. The number of ether oxygens (including phenoxy) is 1. The minimum Gasteiger partial charge on any atom is -0.435 e. The van der Waals surface area contributed by atoms with Gasteiger partial charge in [0.25, 0.3) is 0 Å². The summed E-state index contributed by atoms with van der Waals surface area (Å²) < 4.78 is 30.8. The molecule has 0 spiro atoms. The fourth-order valence-corrected chi connectivity index (χ4v) is 3.46. The van der Waals surface area contributed by atoms with Gasteiger partial charge in [-0.3, -0.25) is 0 Å². The third kappa shape index (κ3) is 3.67. The number of thiazole rings is 1. The molecule has 8 heteroatoms. The number of nitrogens with zero attached hydrogens (tertiary/aromatic N) is 3. The Morgan fingerprint density at radius 2 is 1.89 bits per heavy atom. The smallest absolute Gasteiger partial charge is 0.387 e. The number of halogens is 2. The van der Waals surface area contributed by atoms with Gasteiger partial charge in [0, 0.05) is 5.38 Å². The third-order valence-electron chi connectivity index (χ3n) is 4.16. The highest BCUT2D eigenvalue weighted by Crippen LogP contribution is 2.28. The van der Waals surface area contributed by atoms with E-state index in [1.54, 1.807) is 17.6 Å². The number of aromatic nitrogens is 3. The van der Waals surface area contributed by atoms with E-state index in [1.807, 2.05) is 34.2 Å². The predicted octanol–water partition coefficient (Wildman–Crippen LogP) is 4.49. The Morgan fingerprint density at radius 1 is 1.11 bits per heavy atom. The number of benzene rings is 2. The first kappa shape index (κ1) is 17.6. The summed E-state index contributed by atoms with van der Waals surface area (Å²) in [6, 6.07) is 13.6. The fourth-order valence-electron chi connectivity index (χ4n) is 2.93. The highest BCUT2D eigenvalue weighted by atomic mass is 32.1. The topological polar surface area (TPSA) is 60.2 Å². The Bertz CT molecular complexity index is 1030. The first-order valence-electron chi connectivity index (χ1n) is 8.18. The molecule has 0 amide bonds. The number of hydrogen-bond donors (Lipinski definition) is 1. The summed E-state index contributed by atoms with van der Waals surface area (Å²) in [6.45, 7) is -2.62. The number of aliphatic hydroxyl groups excluding tert-OH is 1. The Balaban J connectivity index is 1.65. The first-order valence-corrected chi connectivity index (χ1v) is 9.13. The van der Waals surface area contributed by atoms with Crippen LogP contribution in [0.4, 0.5) is 8.78 Å². The second-order valence-corrected chi connectivity index (χ2v) is 6.59. The quantitative estimate of drug-likeness (QED) is 0.529. The van der Waals surface area contributed by atoms with Gasteiger partial charge >= 0.3 is 6.61 Å². The van der Waals surface area contributed by atoms with Gasteiger partial charge in [0.15, 0.2) is 5.82 Å². The molecular weight excluding hydrogens is 372 g/mol. The molecule has 27 heavy (non-hydrogen) atoms. The van der Waals surface area contributed by atoms with Crippen molar-refractivity contribution in [1.82, 2.24) is 14.5 Å². The summed E-state index contributed by atoms with van der Waals surface area (Å²) in [5.41, 5.74) is 4.77. The molecule has 1 atom stereocenters. The van der Waals surface area contributed by atoms with E-state index in [0.717, 1.165) is 16.7 Å². The fraction of sp³-hybridized carbons (Fsp3) is 0.158. The monoisotopic (exact) mass is 387 g/mol. The molecule has 5 nitrogen and oxygen atoms in total. The maximum absolute atomic E-state index is 12.3. The standard InChI is InChI=1S/C19H15F2N3O2S/c20-19(21)26-13-7-5-12(6-8-13)17(25)9-24-16-4-2-1-3-14(16)23-18(24)15-10-27-11-22-15/h1-8,10-11,17,19,25H,9H2. The Morgan fingerprint density at radius 3 is 2.59 bits per heavy atom. The Labute approximate surface area is 157 Å². The molecule has 4 aromatic rings. The largest absolute Gasteiger partial charge is 0.435 e. The number of rotatable bonds is 6. The van der Waals surface area contributed by atoms with Crippen molar-refractivity contribution in [3.05, 3.63) is 65.0 Å². The van der Waals surface area contributed by atoms with E-state index in [0.29, 0.717) is 11.4 Å². The molecule has 4 rings (SSSR count). The Kier molecular flexibility index (Phi) is 4.83. The van der Waals surface area contributed by atoms with Crippen LogP contribution < -0.4 is 4.74 Å². The number of hydrogen-bond acceptors (Lipinski definition) is 5. The second-order valence-electron chi connectivity index (χ2n) is 5.87. The molecule has 0 saturated carbocycles. The normalized spacial score (nSPS) is 12.6. The second kappa shape index (κ2) is 7.42. The summed E-state index contributed by atoms with van der Waals surface area (Å²) in [5, 5.41) is 12.6. The van der Waals surface area contributed by atoms with E-state index in [-0.39, 0.29) is 12.3 Å². The summed E-state index contributed by atoms with van der Waals surface area (Å²) in [5.74, 6) is 0.728. The molecule has 2 aromatic carbocycles. The van der Waals surface area contributed by atoms with E-state index in [2.05, 4.69) is 14.7 Å². The third-order valence-corrected chi connectivity index (χ3v) is 4.75. The van der Waals surface area contributed by atoms with Crippen LogP contribution in [0.2, 0.25) is 0 Å². The molecule has 2 aromatic heterocycles. The highest BCUT2D eigenvalue weighted by molar-refractivity contribution is 7.07. The molecule has 1 N–H and O–H groups in total. The molecule has 0 aliphatic heterocycles. The summed E-state index contributed by atoms with van der Waals surface area (Å²) in [4.78, 5) is 8.97. The van der Waals surface area contributed by atoms with Crippen molar-refractivity contribution in [3.8, 4) is 17.3 Å². The lowest BCUT2D eigenvalue weighted by atomic mass is 10.1. The van der Waals surface area contributed by atoms with Crippen LogP contribution in [0.5, 0.6) is 5.75 Å². The van der Waals surface area contributed by atoms with Gasteiger partial charge in [0.2, 0.25) is 0 Å². The van der Waals surface area contributed by atoms with Crippen LogP contribution in [0.15, 0.2) is 59.4 Å². The van der Waals surface area contributed by atoms with Crippen LogP contribution >= 0.6 is 11.3 Å². The molecule has 1 unspecified atom stereocenters. The first-order chi connectivity index (χ1) is 13.1. The number of imidazole rings is 1. The zero-order valence-corrected chi connectivity index (χ0v) is 14.8. The van der Waals surface area contributed by atoms with Crippen LogP contribution in [-0.2, 0) is 6.54 Å². The van der Waals surface area contributed by atoms with Gasteiger partial charge in [-0.1, -0.05) is 24.3 Å². The number of para-hydroxylation sites is 2. The van der Waals surface area contributed by atoms with Crippen LogP contribution in [0.25, 0.3) is 22.6 Å². The van der Waals surface area contributed by atoms with E-state index >= 15 is 0 Å². The average Bonchev–Trinajstić information content (AvgIpc) is 3.30. The van der Waals surface area contributed by atoms with E-state index in [4.69, 9.17) is 0 Å². The van der Waals surface area contributed by atoms with Crippen molar-refractivity contribution in [2.24, 2.45) is 0 Å². The van der Waals surface area contributed by atoms with Crippen LogP contribution in [0, 0.1) is 0 Å². The minimum absolute atomic E-state index is 0.0530. The number of fused-ring (bicyclic) bond motifs is 1. The lowest BCUT2D eigenvalue weighted by molar-refractivity contribution is -0.0498. The van der Waals surface area contributed by atoms with Crippen molar-refractivity contribution in [3.63, 3.8) is 0 Å². The summed E-state index contributed by atoms with van der Waals surface area (Å²) in [6.07, 6.45) is -0.847. The molecule has 138 valence electrons. The molecule has 0 saturated heterocycles. The van der Waals surface area contributed by atoms with E-state index < -0.39 is 12.7 Å². The predicted molar refractivity (Wildman–Crippen MR) is 98.9 cm³/mol. The SMILES string of the molecule is OC(Cn1c(-c2cscn2)nc2ccccc21)c1ccc(OC(F)F)cc1. The summed E-state index contributed by atoms with van der Waals surface area (Å²) >= 11 is 1.47. The zero-order chi connectivity index (χ0) is 18.8. The van der Waals surface area contributed by atoms with Crippen molar-refractivity contribution >= 4 is 22.4 Å². The van der Waals surface area contributed by atoms with Gasteiger partial charge < -0.3 is 14.4 Å². The molecule has 0 aliphatic carbocycles. The van der Waals surface area contributed by atoms with Gasteiger partial charge in [-0.15, -0.1) is 11.3 Å². The molecule has 2 heterocycles. The highest BCUT2D eigenvalue weighted by Gasteiger charge is 2.18. The summed E-state index contributed by atoms with van der Waals surface area (Å²) in [7, 11) is 0. The molecule has 0 fully saturated rings. The maximum Gasteiger partial charge on any atom is 0.387 e. The van der Waals surface area contributed by atoms with Crippen molar-refractivity contribution in [2.45, 2.75) is 19.3 Å². The number of aliphatic hydroxyl groups is 1. The zero-order valence-electron chi connectivity index (χ0n) is 14.0. The molecule has 0 aliphatic rings. The maximum atomic E-state index is 12.3. The average molecular weight is 387 g/mol. The van der Waals surface area contributed by atoms with Gasteiger partial charge in [0.05, 0.1) is 29.2 Å². The minimum atomic E-state index is -2.88. The van der Waals surface area contributed by atoms with Crippen LogP contribution in [0.1, 0.15) is 11.7 Å². The molecular formula is C19H15F2N3O2S. The van der Waals surface area contributed by atoms with Crippen LogP contribution in [0.3, 0.4) is 0 Å². The Hall–Kier alpha value is -2.84. The van der Waals surface area contributed by atoms with Gasteiger partial charge in [-0.05, 0) is 29.8 Å². The van der Waals surface area contributed by atoms with Gasteiger partial charge in [-0.2, -0.15) is 8.78 Å². The number of alkyl halides is 2. The van der Waals surface area contributed by atoms with Gasteiger partial charge in [0.1, 0.15) is 11.4 Å².